The van der Waals surface area contributed by atoms with Crippen molar-refractivity contribution in [1.29, 1.82) is 0 Å². The molecule has 0 saturated carbocycles. The van der Waals surface area contributed by atoms with E-state index in [1.165, 1.54) is 24.7 Å². The predicted octanol–water partition coefficient (Wildman–Crippen LogP) is 1.92. The smallest absolute Gasteiger partial charge is 0.303 e. The summed E-state index contributed by atoms with van der Waals surface area (Å²) in [5, 5.41) is 4.81. The Hall–Kier alpha value is -1.97. The van der Waals surface area contributed by atoms with E-state index in [9.17, 15) is 9.59 Å². The molecule has 11 heteroatoms. The van der Waals surface area contributed by atoms with Crippen LogP contribution in [0, 0.1) is 0 Å². The van der Waals surface area contributed by atoms with Gasteiger partial charge in [-0.15, -0.1) is 0 Å². The molecule has 0 aliphatic carbocycles. The highest BCUT2D eigenvalue weighted by molar-refractivity contribution is 6.35. The first kappa shape index (κ1) is 17.8. The quantitative estimate of drug-likeness (QED) is 0.444. The SMILES string of the molecule is CC(=O)OC[C@@H]1C[C@@H](OC(C)=O)[C@H](n2ncc3c(Cl)nc(Cl)nc32)O1. The van der Waals surface area contributed by atoms with Crippen molar-refractivity contribution in [3.63, 3.8) is 0 Å². The molecule has 2 aromatic rings. The summed E-state index contributed by atoms with van der Waals surface area (Å²) >= 11 is 11.9. The van der Waals surface area contributed by atoms with Crippen LogP contribution in [0.2, 0.25) is 10.4 Å². The number of carbonyl (C=O) groups excluding carboxylic acids is 2. The maximum Gasteiger partial charge on any atom is 0.303 e. The van der Waals surface area contributed by atoms with Crippen molar-refractivity contribution in [2.45, 2.75) is 38.7 Å². The number of hydrogen-bond acceptors (Lipinski definition) is 8. The normalized spacial score (nSPS) is 23.0. The van der Waals surface area contributed by atoms with Gasteiger partial charge in [0.1, 0.15) is 11.8 Å². The predicted molar refractivity (Wildman–Crippen MR) is 86.1 cm³/mol. The van der Waals surface area contributed by atoms with Gasteiger partial charge in [-0.25, -0.2) is 9.67 Å². The zero-order chi connectivity index (χ0) is 18.1. The minimum absolute atomic E-state index is 0.0410. The molecule has 25 heavy (non-hydrogen) atoms. The topological polar surface area (TPSA) is 105 Å². The Labute approximate surface area is 152 Å². The number of rotatable bonds is 4. The molecule has 1 aliphatic heterocycles. The van der Waals surface area contributed by atoms with Gasteiger partial charge in [-0.3, -0.25) is 9.59 Å². The van der Waals surface area contributed by atoms with E-state index in [0.29, 0.717) is 17.5 Å². The van der Waals surface area contributed by atoms with Crippen molar-refractivity contribution in [2.75, 3.05) is 6.61 Å². The summed E-state index contributed by atoms with van der Waals surface area (Å²) in [4.78, 5) is 30.4. The molecule has 9 nitrogen and oxygen atoms in total. The van der Waals surface area contributed by atoms with Gasteiger partial charge in [0, 0.05) is 20.3 Å². The second kappa shape index (κ2) is 7.11. The molecule has 0 N–H and O–H groups in total. The van der Waals surface area contributed by atoms with Crippen molar-refractivity contribution in [3.05, 3.63) is 16.6 Å². The molecule has 0 bridgehead atoms. The van der Waals surface area contributed by atoms with E-state index in [1.54, 1.807) is 0 Å². The van der Waals surface area contributed by atoms with Gasteiger partial charge in [-0.05, 0) is 11.6 Å². The van der Waals surface area contributed by atoms with Crippen LogP contribution in [0.3, 0.4) is 0 Å². The average molecular weight is 389 g/mol. The highest BCUT2D eigenvalue weighted by Gasteiger charge is 2.40. The summed E-state index contributed by atoms with van der Waals surface area (Å²) < 4.78 is 17.6. The summed E-state index contributed by atoms with van der Waals surface area (Å²) in [6.45, 7) is 2.64. The molecule has 3 rings (SSSR count). The highest BCUT2D eigenvalue weighted by Crippen LogP contribution is 2.34. The fourth-order valence-electron chi connectivity index (χ4n) is 2.62. The van der Waals surface area contributed by atoms with E-state index in [4.69, 9.17) is 37.4 Å². The molecule has 0 spiro atoms. The van der Waals surface area contributed by atoms with Crippen molar-refractivity contribution >= 4 is 46.2 Å². The first-order chi connectivity index (χ1) is 11.8. The van der Waals surface area contributed by atoms with Crippen LogP contribution in [-0.2, 0) is 23.8 Å². The standard InChI is InChI=1S/C14H14Cl2N4O5/c1-6(21)23-5-8-3-10(24-7(2)22)13(25-8)20-12-9(4-17-20)11(15)18-14(16)19-12/h4,8,10,13H,3,5H2,1-2H3/t8-,10+,13+/m0/s1. The van der Waals surface area contributed by atoms with E-state index in [1.807, 2.05) is 0 Å². The second-order valence-electron chi connectivity index (χ2n) is 5.44. The maximum atomic E-state index is 11.4. The largest absolute Gasteiger partial charge is 0.463 e. The van der Waals surface area contributed by atoms with Crippen molar-refractivity contribution in [1.82, 2.24) is 19.7 Å². The Balaban J connectivity index is 1.92. The molecule has 3 heterocycles. The van der Waals surface area contributed by atoms with Crippen LogP contribution in [0.5, 0.6) is 0 Å². The number of esters is 2. The number of ether oxygens (including phenoxy) is 3. The van der Waals surface area contributed by atoms with Crippen LogP contribution in [0.25, 0.3) is 11.0 Å². The van der Waals surface area contributed by atoms with Gasteiger partial charge in [0.2, 0.25) is 5.28 Å². The fraction of sp³-hybridized carbons (Fsp3) is 0.500. The number of hydrogen-bond donors (Lipinski definition) is 0. The first-order valence-electron chi connectivity index (χ1n) is 7.37. The van der Waals surface area contributed by atoms with Gasteiger partial charge in [0.25, 0.3) is 0 Å². The lowest BCUT2D eigenvalue weighted by Crippen LogP contribution is -2.25. The van der Waals surface area contributed by atoms with Crippen LogP contribution < -0.4 is 0 Å². The van der Waals surface area contributed by atoms with Gasteiger partial charge in [0.05, 0.1) is 17.7 Å². The van der Waals surface area contributed by atoms with Gasteiger partial charge < -0.3 is 14.2 Å². The Kier molecular flexibility index (Phi) is 5.07. The molecular formula is C14H14Cl2N4O5. The van der Waals surface area contributed by atoms with Gasteiger partial charge in [0.15, 0.2) is 18.0 Å². The third kappa shape index (κ3) is 3.83. The third-order valence-corrected chi connectivity index (χ3v) is 4.01. The molecule has 1 fully saturated rings. The van der Waals surface area contributed by atoms with Crippen LogP contribution in [0.1, 0.15) is 26.5 Å². The molecule has 1 saturated heterocycles. The van der Waals surface area contributed by atoms with E-state index < -0.39 is 30.4 Å². The highest BCUT2D eigenvalue weighted by atomic mass is 35.5. The van der Waals surface area contributed by atoms with Crippen molar-refractivity contribution < 1.29 is 23.8 Å². The number of halogens is 2. The van der Waals surface area contributed by atoms with Gasteiger partial charge in [-0.1, -0.05) is 11.6 Å². The summed E-state index contributed by atoms with van der Waals surface area (Å²) in [6.07, 6.45) is -0.0320. The molecule has 0 aromatic carbocycles. The Morgan fingerprint density at radius 1 is 1.32 bits per heavy atom. The lowest BCUT2D eigenvalue weighted by Gasteiger charge is -2.19. The number of carbonyl (C=O) groups is 2. The average Bonchev–Trinajstić information content (AvgIpc) is 3.08. The minimum Gasteiger partial charge on any atom is -0.463 e. The Morgan fingerprint density at radius 2 is 2.08 bits per heavy atom. The number of aromatic nitrogens is 4. The van der Waals surface area contributed by atoms with Crippen LogP contribution in [0.4, 0.5) is 0 Å². The lowest BCUT2D eigenvalue weighted by molar-refractivity contribution is -0.153. The van der Waals surface area contributed by atoms with Crippen LogP contribution in [0.15, 0.2) is 6.20 Å². The van der Waals surface area contributed by atoms with Crippen molar-refractivity contribution in [3.8, 4) is 0 Å². The molecule has 3 atom stereocenters. The summed E-state index contributed by atoms with van der Waals surface area (Å²) in [6, 6.07) is 0. The zero-order valence-corrected chi connectivity index (χ0v) is 14.8. The second-order valence-corrected chi connectivity index (χ2v) is 6.14. The molecule has 134 valence electrons. The summed E-state index contributed by atoms with van der Waals surface area (Å²) in [7, 11) is 0. The Bertz CT molecular complexity index is 827. The molecule has 0 amide bonds. The fourth-order valence-corrected chi connectivity index (χ4v) is 3.04. The van der Waals surface area contributed by atoms with E-state index in [-0.39, 0.29) is 17.0 Å². The number of fused-ring (bicyclic) bond motifs is 1. The van der Waals surface area contributed by atoms with Crippen molar-refractivity contribution in [2.24, 2.45) is 0 Å². The molecule has 1 aliphatic rings. The molecular weight excluding hydrogens is 375 g/mol. The minimum atomic E-state index is -0.760. The van der Waals surface area contributed by atoms with E-state index in [0.717, 1.165) is 0 Å². The maximum absolute atomic E-state index is 11.4. The van der Waals surface area contributed by atoms with Crippen LogP contribution >= 0.6 is 23.2 Å². The zero-order valence-electron chi connectivity index (χ0n) is 13.3. The molecule has 0 unspecified atom stereocenters. The summed E-state index contributed by atoms with van der Waals surface area (Å²) in [5.41, 5.74) is 0.347. The van der Waals surface area contributed by atoms with E-state index >= 15 is 0 Å². The van der Waals surface area contributed by atoms with Gasteiger partial charge in [-0.2, -0.15) is 10.1 Å². The molecule has 0 radical (unpaired) electrons. The number of nitrogens with zero attached hydrogens (tertiary/aromatic N) is 4. The first-order valence-corrected chi connectivity index (χ1v) is 8.13. The monoisotopic (exact) mass is 388 g/mol. The lowest BCUT2D eigenvalue weighted by atomic mass is 10.2. The van der Waals surface area contributed by atoms with Gasteiger partial charge >= 0.3 is 11.9 Å². The van der Waals surface area contributed by atoms with Crippen LogP contribution in [-0.4, -0.2) is 50.5 Å². The Morgan fingerprint density at radius 3 is 2.76 bits per heavy atom. The van der Waals surface area contributed by atoms with E-state index in [2.05, 4.69) is 15.1 Å². The molecule has 2 aromatic heterocycles. The summed E-state index contributed by atoms with van der Waals surface area (Å²) in [5.74, 6) is -0.888. The third-order valence-electron chi connectivity index (χ3n) is 3.56.